The summed E-state index contributed by atoms with van der Waals surface area (Å²) >= 11 is 14.1. The molecule has 2 heterocycles. The maximum atomic E-state index is 10.8. The Morgan fingerprint density at radius 2 is 1.97 bits per heavy atom. The molecule has 8 heteroatoms. The van der Waals surface area contributed by atoms with Gasteiger partial charge in [0, 0.05) is 36.3 Å². The molecule has 0 saturated carbocycles. The SMILES string of the molecule is Cc1cccc2c1c(Cn1c(SCCCC(=O)O)nc3cc(Cl)c(Cl)cc31)cn2C. The van der Waals surface area contributed by atoms with Gasteiger partial charge in [0.1, 0.15) is 0 Å². The van der Waals surface area contributed by atoms with Gasteiger partial charge in [0.05, 0.1) is 27.6 Å². The molecule has 0 aliphatic rings. The van der Waals surface area contributed by atoms with E-state index >= 15 is 0 Å². The summed E-state index contributed by atoms with van der Waals surface area (Å²) < 4.78 is 4.28. The van der Waals surface area contributed by atoms with Crippen molar-refractivity contribution in [1.29, 1.82) is 0 Å². The number of hydrogen-bond donors (Lipinski definition) is 1. The molecule has 156 valence electrons. The van der Waals surface area contributed by atoms with Gasteiger partial charge in [-0.3, -0.25) is 4.79 Å². The third-order valence-corrected chi connectivity index (χ3v) is 6.94. The standard InChI is InChI=1S/C22H21Cl2N3O2S/c1-13-5-3-6-18-21(13)14(11-26(18)2)12-27-19-10-16(24)15(23)9-17(19)25-22(27)30-8-4-7-20(28)29/h3,5-6,9-11H,4,7-8,12H2,1-2H3,(H,28,29). The first-order chi connectivity index (χ1) is 14.3. The van der Waals surface area contributed by atoms with Crippen molar-refractivity contribution in [2.24, 2.45) is 7.05 Å². The topological polar surface area (TPSA) is 60.1 Å². The number of hydrogen-bond acceptors (Lipinski definition) is 3. The van der Waals surface area contributed by atoms with Gasteiger partial charge in [-0.2, -0.15) is 0 Å². The number of aliphatic carboxylic acids is 1. The van der Waals surface area contributed by atoms with Crippen LogP contribution in [0.5, 0.6) is 0 Å². The Labute approximate surface area is 188 Å². The van der Waals surface area contributed by atoms with Crippen LogP contribution in [0.3, 0.4) is 0 Å². The Hall–Kier alpha value is -2.15. The number of aryl methyl sites for hydroxylation is 2. The first-order valence-electron chi connectivity index (χ1n) is 9.58. The van der Waals surface area contributed by atoms with Gasteiger partial charge in [0.2, 0.25) is 0 Å². The highest BCUT2D eigenvalue weighted by molar-refractivity contribution is 7.99. The van der Waals surface area contributed by atoms with Gasteiger partial charge in [0.15, 0.2) is 5.16 Å². The lowest BCUT2D eigenvalue weighted by Gasteiger charge is -2.10. The first kappa shape index (κ1) is 21.1. The van der Waals surface area contributed by atoms with Crippen molar-refractivity contribution in [3.8, 4) is 0 Å². The van der Waals surface area contributed by atoms with Crippen molar-refractivity contribution in [1.82, 2.24) is 14.1 Å². The fraction of sp³-hybridized carbons (Fsp3) is 0.273. The summed E-state index contributed by atoms with van der Waals surface area (Å²) in [7, 11) is 2.05. The van der Waals surface area contributed by atoms with Gasteiger partial charge in [-0.1, -0.05) is 47.1 Å². The molecule has 0 saturated heterocycles. The predicted octanol–water partition coefficient (Wildman–Crippen LogP) is 6.15. The normalized spacial score (nSPS) is 11.6. The van der Waals surface area contributed by atoms with Crippen LogP contribution in [0.15, 0.2) is 41.7 Å². The van der Waals surface area contributed by atoms with Crippen molar-refractivity contribution in [3.05, 3.63) is 57.7 Å². The fourth-order valence-electron chi connectivity index (χ4n) is 3.77. The number of aromatic nitrogens is 3. The minimum Gasteiger partial charge on any atom is -0.481 e. The lowest BCUT2D eigenvalue weighted by atomic mass is 10.1. The minimum absolute atomic E-state index is 0.146. The molecule has 30 heavy (non-hydrogen) atoms. The van der Waals surface area contributed by atoms with E-state index in [0.29, 0.717) is 28.8 Å². The Kier molecular flexibility index (Phi) is 6.00. The molecular weight excluding hydrogens is 441 g/mol. The van der Waals surface area contributed by atoms with Gasteiger partial charge < -0.3 is 14.2 Å². The summed E-state index contributed by atoms with van der Waals surface area (Å²) in [6, 6.07) is 9.95. The zero-order valence-corrected chi connectivity index (χ0v) is 19.0. The van der Waals surface area contributed by atoms with Gasteiger partial charge in [-0.15, -0.1) is 0 Å². The molecule has 2 aromatic carbocycles. The van der Waals surface area contributed by atoms with Crippen LogP contribution in [0.1, 0.15) is 24.0 Å². The zero-order valence-electron chi connectivity index (χ0n) is 16.7. The summed E-state index contributed by atoms with van der Waals surface area (Å²) in [5.41, 5.74) is 5.30. The van der Waals surface area contributed by atoms with E-state index in [1.54, 1.807) is 17.8 Å². The molecule has 0 amide bonds. The molecule has 0 unspecified atom stereocenters. The Morgan fingerprint density at radius 1 is 1.20 bits per heavy atom. The number of carbonyl (C=O) groups is 1. The average Bonchev–Trinajstić information content (AvgIpc) is 3.18. The van der Waals surface area contributed by atoms with E-state index in [4.69, 9.17) is 33.3 Å². The second kappa shape index (κ2) is 8.53. The Bertz CT molecular complexity index is 1260. The van der Waals surface area contributed by atoms with Crippen molar-refractivity contribution in [2.75, 3.05) is 5.75 Å². The summed E-state index contributed by atoms with van der Waals surface area (Å²) in [6.07, 6.45) is 2.88. The summed E-state index contributed by atoms with van der Waals surface area (Å²) in [4.78, 5) is 15.6. The first-order valence-corrected chi connectivity index (χ1v) is 11.3. The van der Waals surface area contributed by atoms with E-state index in [0.717, 1.165) is 16.2 Å². The third kappa shape index (κ3) is 4.04. The quantitative estimate of drug-likeness (QED) is 0.264. The number of fused-ring (bicyclic) bond motifs is 2. The van der Waals surface area contributed by atoms with E-state index < -0.39 is 5.97 Å². The highest BCUT2D eigenvalue weighted by Gasteiger charge is 2.17. The molecule has 4 rings (SSSR count). The molecule has 0 aliphatic heterocycles. The van der Waals surface area contributed by atoms with E-state index in [9.17, 15) is 4.79 Å². The van der Waals surface area contributed by atoms with Crippen LogP contribution in [0, 0.1) is 6.92 Å². The van der Waals surface area contributed by atoms with Crippen molar-refractivity contribution < 1.29 is 9.90 Å². The van der Waals surface area contributed by atoms with Crippen LogP contribution in [0.25, 0.3) is 21.9 Å². The van der Waals surface area contributed by atoms with Gasteiger partial charge in [-0.05, 0) is 42.7 Å². The van der Waals surface area contributed by atoms with Gasteiger partial charge in [0.25, 0.3) is 0 Å². The number of thioether (sulfide) groups is 1. The van der Waals surface area contributed by atoms with Gasteiger partial charge in [-0.25, -0.2) is 4.98 Å². The van der Waals surface area contributed by atoms with Crippen molar-refractivity contribution in [3.63, 3.8) is 0 Å². The molecule has 2 aromatic heterocycles. The Balaban J connectivity index is 1.77. The predicted molar refractivity (Wildman–Crippen MR) is 124 cm³/mol. The Morgan fingerprint density at radius 3 is 2.73 bits per heavy atom. The number of carboxylic acid groups (broad SMARTS) is 1. The number of imidazole rings is 1. The molecule has 0 radical (unpaired) electrons. The highest BCUT2D eigenvalue weighted by atomic mass is 35.5. The van der Waals surface area contributed by atoms with Crippen LogP contribution < -0.4 is 0 Å². The number of nitrogens with zero attached hydrogens (tertiary/aromatic N) is 3. The van der Waals surface area contributed by atoms with E-state index in [1.165, 1.54) is 22.0 Å². The molecule has 0 aliphatic carbocycles. The van der Waals surface area contributed by atoms with Crippen molar-refractivity contribution >= 4 is 62.9 Å². The van der Waals surface area contributed by atoms with Crippen molar-refractivity contribution in [2.45, 2.75) is 31.5 Å². The molecule has 0 spiro atoms. The smallest absolute Gasteiger partial charge is 0.303 e. The summed E-state index contributed by atoms with van der Waals surface area (Å²) in [5, 5.41) is 11.9. The number of carboxylic acids is 1. The van der Waals surface area contributed by atoms with Crippen LogP contribution in [-0.2, 0) is 18.4 Å². The molecule has 1 N–H and O–H groups in total. The maximum absolute atomic E-state index is 10.8. The molecule has 5 nitrogen and oxygen atoms in total. The van der Waals surface area contributed by atoms with Crippen LogP contribution >= 0.6 is 35.0 Å². The third-order valence-electron chi connectivity index (χ3n) is 5.15. The monoisotopic (exact) mass is 461 g/mol. The summed E-state index contributed by atoms with van der Waals surface area (Å²) in [6.45, 7) is 2.76. The molecule has 0 bridgehead atoms. The number of rotatable bonds is 7. The second-order valence-electron chi connectivity index (χ2n) is 7.32. The fourth-order valence-corrected chi connectivity index (χ4v) is 5.04. The average molecular weight is 462 g/mol. The van der Waals surface area contributed by atoms with Crippen LogP contribution in [-0.4, -0.2) is 30.9 Å². The lowest BCUT2D eigenvalue weighted by Crippen LogP contribution is -2.02. The number of halogens is 2. The molecule has 0 atom stereocenters. The lowest BCUT2D eigenvalue weighted by molar-refractivity contribution is -0.137. The molecule has 0 fully saturated rings. The maximum Gasteiger partial charge on any atom is 0.303 e. The minimum atomic E-state index is -0.783. The van der Waals surface area contributed by atoms with E-state index in [-0.39, 0.29) is 6.42 Å². The van der Waals surface area contributed by atoms with E-state index in [2.05, 4.69) is 47.5 Å². The summed E-state index contributed by atoms with van der Waals surface area (Å²) in [5.74, 6) is -0.111. The van der Waals surface area contributed by atoms with Gasteiger partial charge >= 0.3 is 5.97 Å². The second-order valence-corrected chi connectivity index (χ2v) is 9.19. The zero-order chi connectivity index (χ0) is 21.4. The van der Waals surface area contributed by atoms with E-state index in [1.807, 2.05) is 6.07 Å². The molecule has 4 aromatic rings. The van der Waals surface area contributed by atoms with Crippen LogP contribution in [0.2, 0.25) is 10.0 Å². The van der Waals surface area contributed by atoms with Crippen LogP contribution in [0.4, 0.5) is 0 Å². The number of benzene rings is 2. The molecular formula is C22H21Cl2N3O2S. The largest absolute Gasteiger partial charge is 0.481 e. The highest BCUT2D eigenvalue weighted by Crippen LogP contribution is 2.33.